The van der Waals surface area contributed by atoms with Gasteiger partial charge in [-0.25, -0.2) is 14.1 Å². The Morgan fingerprint density at radius 1 is 1.22 bits per heavy atom. The second-order valence-electron chi connectivity index (χ2n) is 6.40. The highest BCUT2D eigenvalue weighted by molar-refractivity contribution is 5.36. The predicted molar refractivity (Wildman–Crippen MR) is 96.2 cm³/mol. The standard InChI is InChI=1S/C20H20FN3O3/c21-16-5-3-6-17(11-16)26-13-19-22-20(24(23-19)8-9-25)15-10-14-4-1-2-7-18(14)27-12-15/h1-7,11,15,25H,8-10,12-13H2/t15-/m1/s1. The molecule has 3 aromatic rings. The zero-order valence-electron chi connectivity index (χ0n) is 14.7. The number of benzene rings is 2. The molecule has 2 aromatic carbocycles. The van der Waals surface area contributed by atoms with Crippen LogP contribution in [0.3, 0.4) is 0 Å². The molecule has 0 amide bonds. The summed E-state index contributed by atoms with van der Waals surface area (Å²) in [5.41, 5.74) is 1.13. The Balaban J connectivity index is 1.52. The lowest BCUT2D eigenvalue weighted by Crippen LogP contribution is -2.23. The molecule has 140 valence electrons. The van der Waals surface area contributed by atoms with Crippen molar-refractivity contribution in [2.75, 3.05) is 13.2 Å². The molecule has 2 heterocycles. The third-order valence-electron chi connectivity index (χ3n) is 4.46. The number of hydrogen-bond acceptors (Lipinski definition) is 5. The summed E-state index contributed by atoms with van der Waals surface area (Å²) < 4.78 is 26.4. The van der Waals surface area contributed by atoms with E-state index in [9.17, 15) is 9.50 Å². The van der Waals surface area contributed by atoms with E-state index in [1.165, 1.54) is 12.1 Å². The van der Waals surface area contributed by atoms with E-state index in [0.717, 1.165) is 23.6 Å². The van der Waals surface area contributed by atoms with Crippen LogP contribution in [0.25, 0.3) is 0 Å². The van der Waals surface area contributed by atoms with E-state index in [1.807, 2.05) is 24.3 Å². The molecule has 0 aliphatic carbocycles. The maximum Gasteiger partial charge on any atom is 0.188 e. The van der Waals surface area contributed by atoms with Crippen molar-refractivity contribution in [2.24, 2.45) is 0 Å². The monoisotopic (exact) mass is 369 g/mol. The van der Waals surface area contributed by atoms with Crippen LogP contribution < -0.4 is 9.47 Å². The van der Waals surface area contributed by atoms with Crippen molar-refractivity contribution in [1.82, 2.24) is 14.8 Å². The van der Waals surface area contributed by atoms with Gasteiger partial charge >= 0.3 is 0 Å². The average Bonchev–Trinajstić information content (AvgIpc) is 3.09. The summed E-state index contributed by atoms with van der Waals surface area (Å²) in [5, 5.41) is 13.8. The summed E-state index contributed by atoms with van der Waals surface area (Å²) in [6.07, 6.45) is 0.796. The minimum atomic E-state index is -0.357. The van der Waals surface area contributed by atoms with Gasteiger partial charge in [0.15, 0.2) is 5.82 Å². The minimum absolute atomic E-state index is 0.0370. The summed E-state index contributed by atoms with van der Waals surface area (Å²) in [7, 11) is 0. The van der Waals surface area contributed by atoms with Gasteiger partial charge in [0, 0.05) is 6.07 Å². The molecule has 0 spiro atoms. The number of fused-ring (bicyclic) bond motifs is 1. The summed E-state index contributed by atoms with van der Waals surface area (Å²) in [6.45, 7) is 0.940. The van der Waals surface area contributed by atoms with E-state index in [4.69, 9.17) is 9.47 Å². The number of rotatable bonds is 6. The summed E-state index contributed by atoms with van der Waals surface area (Å²) in [4.78, 5) is 4.60. The van der Waals surface area contributed by atoms with Crippen LogP contribution in [0.2, 0.25) is 0 Å². The van der Waals surface area contributed by atoms with Crippen molar-refractivity contribution in [3.63, 3.8) is 0 Å². The van der Waals surface area contributed by atoms with Gasteiger partial charge in [-0.3, -0.25) is 0 Å². The Morgan fingerprint density at radius 2 is 2.11 bits per heavy atom. The van der Waals surface area contributed by atoms with E-state index < -0.39 is 0 Å². The third kappa shape index (κ3) is 3.93. The first-order valence-corrected chi connectivity index (χ1v) is 8.86. The van der Waals surface area contributed by atoms with Crippen molar-refractivity contribution in [1.29, 1.82) is 0 Å². The molecule has 1 aliphatic rings. The maximum absolute atomic E-state index is 13.3. The van der Waals surface area contributed by atoms with Gasteiger partial charge in [0.2, 0.25) is 0 Å². The van der Waals surface area contributed by atoms with Crippen LogP contribution in [0.5, 0.6) is 11.5 Å². The number of aliphatic hydroxyl groups excluding tert-OH is 1. The fraction of sp³-hybridized carbons (Fsp3) is 0.300. The minimum Gasteiger partial charge on any atom is -0.493 e. The molecule has 4 rings (SSSR count). The lowest BCUT2D eigenvalue weighted by atomic mass is 9.96. The molecular weight excluding hydrogens is 349 g/mol. The highest BCUT2D eigenvalue weighted by Crippen LogP contribution is 2.31. The maximum atomic E-state index is 13.3. The van der Waals surface area contributed by atoms with Crippen LogP contribution in [-0.4, -0.2) is 33.1 Å². The van der Waals surface area contributed by atoms with Crippen molar-refractivity contribution < 1.29 is 19.0 Å². The smallest absolute Gasteiger partial charge is 0.188 e. The average molecular weight is 369 g/mol. The zero-order chi connectivity index (χ0) is 18.6. The molecular formula is C20H20FN3O3. The molecule has 0 fully saturated rings. The Labute approximate surface area is 156 Å². The molecule has 0 saturated heterocycles. The van der Waals surface area contributed by atoms with Crippen LogP contribution in [0.4, 0.5) is 4.39 Å². The number of ether oxygens (including phenoxy) is 2. The molecule has 6 nitrogen and oxygen atoms in total. The molecule has 27 heavy (non-hydrogen) atoms. The van der Waals surface area contributed by atoms with Gasteiger partial charge in [-0.1, -0.05) is 24.3 Å². The van der Waals surface area contributed by atoms with Crippen LogP contribution in [0, 0.1) is 5.82 Å². The SMILES string of the molecule is OCCn1nc(COc2cccc(F)c2)nc1[C@H]1COc2ccccc2C1. The van der Waals surface area contributed by atoms with Crippen LogP contribution in [0.15, 0.2) is 48.5 Å². The van der Waals surface area contributed by atoms with Gasteiger partial charge in [0.25, 0.3) is 0 Å². The fourth-order valence-electron chi connectivity index (χ4n) is 3.22. The second-order valence-corrected chi connectivity index (χ2v) is 6.40. The number of aliphatic hydroxyl groups is 1. The summed E-state index contributed by atoms with van der Waals surface area (Å²) in [5.74, 6) is 2.26. The van der Waals surface area contributed by atoms with Crippen molar-refractivity contribution in [3.8, 4) is 11.5 Å². The van der Waals surface area contributed by atoms with Crippen LogP contribution in [0.1, 0.15) is 23.1 Å². The van der Waals surface area contributed by atoms with Crippen LogP contribution in [-0.2, 0) is 19.6 Å². The van der Waals surface area contributed by atoms with Gasteiger partial charge in [-0.15, -0.1) is 0 Å². The number of aromatic nitrogens is 3. The van der Waals surface area contributed by atoms with Crippen molar-refractivity contribution >= 4 is 0 Å². The zero-order valence-corrected chi connectivity index (χ0v) is 14.7. The first-order chi connectivity index (χ1) is 13.2. The first-order valence-electron chi connectivity index (χ1n) is 8.86. The fourth-order valence-corrected chi connectivity index (χ4v) is 3.22. The highest BCUT2D eigenvalue weighted by atomic mass is 19.1. The predicted octanol–water partition coefficient (Wildman–Crippen LogP) is 2.71. The van der Waals surface area contributed by atoms with Gasteiger partial charge in [0.05, 0.1) is 25.7 Å². The normalized spacial score (nSPS) is 15.9. The summed E-state index contributed by atoms with van der Waals surface area (Å²) in [6, 6.07) is 13.9. The van der Waals surface area contributed by atoms with E-state index in [0.29, 0.717) is 24.7 Å². The first kappa shape index (κ1) is 17.5. The molecule has 0 radical (unpaired) electrons. The van der Waals surface area contributed by atoms with Gasteiger partial charge in [-0.05, 0) is 30.2 Å². The Hall–Kier alpha value is -2.93. The highest BCUT2D eigenvalue weighted by Gasteiger charge is 2.26. The van der Waals surface area contributed by atoms with Crippen molar-refractivity contribution in [2.45, 2.75) is 25.5 Å². The Morgan fingerprint density at radius 3 is 2.96 bits per heavy atom. The lowest BCUT2D eigenvalue weighted by molar-refractivity contribution is 0.240. The topological polar surface area (TPSA) is 69.4 Å². The van der Waals surface area contributed by atoms with E-state index in [1.54, 1.807) is 16.8 Å². The number of hydrogen-bond donors (Lipinski definition) is 1. The molecule has 0 unspecified atom stereocenters. The molecule has 1 aliphatic heterocycles. The second kappa shape index (κ2) is 7.75. The van der Waals surface area contributed by atoms with E-state index in [-0.39, 0.29) is 24.9 Å². The molecule has 7 heteroatoms. The molecule has 1 atom stereocenters. The van der Waals surface area contributed by atoms with Crippen LogP contribution >= 0.6 is 0 Å². The third-order valence-corrected chi connectivity index (χ3v) is 4.46. The van der Waals surface area contributed by atoms with Gasteiger partial charge in [0.1, 0.15) is 29.7 Å². The molecule has 0 saturated carbocycles. The Kier molecular flexibility index (Phi) is 5.02. The largest absolute Gasteiger partial charge is 0.493 e. The van der Waals surface area contributed by atoms with Crippen molar-refractivity contribution in [3.05, 3.63) is 71.6 Å². The number of para-hydroxylation sites is 1. The summed E-state index contributed by atoms with van der Waals surface area (Å²) >= 11 is 0. The molecule has 1 aromatic heterocycles. The lowest BCUT2D eigenvalue weighted by Gasteiger charge is -2.24. The molecule has 0 bridgehead atoms. The van der Waals surface area contributed by atoms with Gasteiger partial charge in [-0.2, -0.15) is 5.10 Å². The van der Waals surface area contributed by atoms with Gasteiger partial charge < -0.3 is 14.6 Å². The van der Waals surface area contributed by atoms with E-state index >= 15 is 0 Å². The number of nitrogens with zero attached hydrogens (tertiary/aromatic N) is 3. The molecule has 1 N–H and O–H groups in total. The number of halogens is 1. The quantitative estimate of drug-likeness (QED) is 0.724. The van der Waals surface area contributed by atoms with E-state index in [2.05, 4.69) is 10.1 Å². The Bertz CT molecular complexity index is 928.